The zero-order valence-corrected chi connectivity index (χ0v) is 15.6. The highest BCUT2D eigenvalue weighted by molar-refractivity contribution is 7.98. The SMILES string of the molecule is CSc1ccc2c(c1)sc(=NS(=O)(=O)c1ccc(Cl)s1)n2C. The van der Waals surface area contributed by atoms with Crippen LogP contribution in [0.2, 0.25) is 4.34 Å². The second-order valence-electron chi connectivity index (χ2n) is 4.40. The minimum Gasteiger partial charge on any atom is -0.319 e. The summed E-state index contributed by atoms with van der Waals surface area (Å²) >= 11 is 9.82. The number of aromatic nitrogens is 1. The van der Waals surface area contributed by atoms with E-state index in [1.54, 1.807) is 22.4 Å². The molecule has 0 radical (unpaired) electrons. The van der Waals surface area contributed by atoms with Crippen LogP contribution < -0.4 is 4.80 Å². The van der Waals surface area contributed by atoms with Crippen molar-refractivity contribution in [3.05, 3.63) is 39.5 Å². The Hall–Kier alpha value is -0.800. The number of halogens is 1. The molecular formula is C13H11ClN2O2S4. The van der Waals surface area contributed by atoms with Gasteiger partial charge in [0.1, 0.15) is 4.21 Å². The second-order valence-corrected chi connectivity index (χ2v) is 9.84. The fraction of sp³-hybridized carbons (Fsp3) is 0.154. The summed E-state index contributed by atoms with van der Waals surface area (Å²) in [4.78, 5) is 1.58. The van der Waals surface area contributed by atoms with Gasteiger partial charge in [-0.05, 0) is 36.6 Å². The zero-order chi connectivity index (χ0) is 15.9. The van der Waals surface area contributed by atoms with Gasteiger partial charge in [0, 0.05) is 11.9 Å². The van der Waals surface area contributed by atoms with Crippen molar-refractivity contribution >= 4 is 66.3 Å². The average molecular weight is 391 g/mol. The van der Waals surface area contributed by atoms with Crippen LogP contribution in [-0.4, -0.2) is 19.2 Å². The number of aryl methyl sites for hydroxylation is 1. The molecule has 0 aliphatic heterocycles. The van der Waals surface area contributed by atoms with Crippen molar-refractivity contribution in [3.63, 3.8) is 0 Å². The summed E-state index contributed by atoms with van der Waals surface area (Å²) in [5.74, 6) is 0. The predicted molar refractivity (Wildman–Crippen MR) is 94.7 cm³/mol. The highest BCUT2D eigenvalue weighted by Crippen LogP contribution is 2.27. The van der Waals surface area contributed by atoms with Crippen molar-refractivity contribution in [1.29, 1.82) is 0 Å². The lowest BCUT2D eigenvalue weighted by atomic mass is 10.3. The first kappa shape index (κ1) is 16.1. The van der Waals surface area contributed by atoms with Gasteiger partial charge in [-0.3, -0.25) is 0 Å². The second kappa shape index (κ2) is 6.01. The van der Waals surface area contributed by atoms with Crippen molar-refractivity contribution in [2.75, 3.05) is 6.26 Å². The Bertz CT molecular complexity index is 1010. The van der Waals surface area contributed by atoms with Crippen molar-refractivity contribution in [1.82, 2.24) is 4.57 Å². The van der Waals surface area contributed by atoms with E-state index in [1.165, 1.54) is 17.4 Å². The first-order valence-electron chi connectivity index (χ1n) is 6.10. The minimum absolute atomic E-state index is 0.153. The summed E-state index contributed by atoms with van der Waals surface area (Å²) in [6.45, 7) is 0. The molecule has 0 saturated carbocycles. The van der Waals surface area contributed by atoms with Gasteiger partial charge in [-0.15, -0.1) is 27.5 Å². The molecule has 2 heterocycles. The van der Waals surface area contributed by atoms with Crippen LogP contribution in [0.1, 0.15) is 0 Å². The maximum absolute atomic E-state index is 12.3. The Balaban J connectivity index is 2.19. The smallest absolute Gasteiger partial charge is 0.294 e. The van der Waals surface area contributed by atoms with Crippen LogP contribution in [0.4, 0.5) is 0 Å². The third kappa shape index (κ3) is 2.98. The van der Waals surface area contributed by atoms with Crippen LogP contribution in [-0.2, 0) is 17.1 Å². The number of hydrogen-bond acceptors (Lipinski definition) is 5. The van der Waals surface area contributed by atoms with E-state index >= 15 is 0 Å². The molecule has 0 amide bonds. The largest absolute Gasteiger partial charge is 0.319 e. The lowest BCUT2D eigenvalue weighted by Gasteiger charge is -1.97. The quantitative estimate of drug-likeness (QED) is 0.636. The maximum atomic E-state index is 12.3. The fourth-order valence-electron chi connectivity index (χ4n) is 1.91. The van der Waals surface area contributed by atoms with Gasteiger partial charge in [0.25, 0.3) is 10.0 Å². The van der Waals surface area contributed by atoms with E-state index < -0.39 is 10.0 Å². The highest BCUT2D eigenvalue weighted by atomic mass is 35.5. The number of sulfonamides is 1. The molecule has 0 saturated heterocycles. The van der Waals surface area contributed by atoms with E-state index in [0.29, 0.717) is 9.14 Å². The van der Waals surface area contributed by atoms with Gasteiger partial charge < -0.3 is 4.57 Å². The third-order valence-electron chi connectivity index (χ3n) is 3.02. The van der Waals surface area contributed by atoms with Crippen molar-refractivity contribution in [3.8, 4) is 0 Å². The molecule has 4 nitrogen and oxygen atoms in total. The van der Waals surface area contributed by atoms with Crippen molar-refractivity contribution in [2.45, 2.75) is 9.10 Å². The topological polar surface area (TPSA) is 51.4 Å². The minimum atomic E-state index is -3.73. The van der Waals surface area contributed by atoms with E-state index in [-0.39, 0.29) is 4.21 Å². The molecule has 0 atom stereocenters. The number of benzene rings is 1. The van der Waals surface area contributed by atoms with E-state index in [2.05, 4.69) is 4.40 Å². The standard InChI is InChI=1S/C13H11ClN2O2S4/c1-16-9-4-3-8(19-2)7-10(9)20-13(16)15-22(17,18)12-6-5-11(14)21-12/h3-7H,1-2H3. The molecule has 0 unspecified atom stereocenters. The Kier molecular flexibility index (Phi) is 4.39. The van der Waals surface area contributed by atoms with Crippen LogP contribution >= 0.6 is 46.0 Å². The van der Waals surface area contributed by atoms with Gasteiger partial charge in [0.2, 0.25) is 4.80 Å². The third-order valence-corrected chi connectivity index (χ3v) is 7.92. The Morgan fingerprint density at radius 3 is 2.64 bits per heavy atom. The van der Waals surface area contributed by atoms with Crippen LogP contribution in [0.15, 0.2) is 43.8 Å². The number of thiophene rings is 1. The fourth-order valence-corrected chi connectivity index (χ4v) is 6.17. The van der Waals surface area contributed by atoms with Gasteiger partial charge >= 0.3 is 0 Å². The molecule has 3 rings (SSSR count). The van der Waals surface area contributed by atoms with Crippen molar-refractivity contribution < 1.29 is 8.42 Å². The normalized spacial score (nSPS) is 13.1. The summed E-state index contributed by atoms with van der Waals surface area (Å²) in [5.41, 5.74) is 0.959. The van der Waals surface area contributed by atoms with Crippen LogP contribution in [0.25, 0.3) is 10.2 Å². The first-order chi connectivity index (χ1) is 10.4. The number of thioether (sulfide) groups is 1. The van der Waals surface area contributed by atoms with E-state index in [9.17, 15) is 8.42 Å². The Morgan fingerprint density at radius 1 is 1.23 bits per heavy atom. The van der Waals surface area contributed by atoms with E-state index in [0.717, 1.165) is 26.4 Å². The molecule has 9 heteroatoms. The summed E-state index contributed by atoms with van der Waals surface area (Å²) in [5, 5.41) is 0. The summed E-state index contributed by atoms with van der Waals surface area (Å²) < 4.78 is 32.0. The summed E-state index contributed by atoms with van der Waals surface area (Å²) in [6, 6.07) is 9.07. The van der Waals surface area contributed by atoms with Gasteiger partial charge in [-0.1, -0.05) is 22.9 Å². The monoisotopic (exact) mass is 390 g/mol. The van der Waals surface area contributed by atoms with E-state index in [1.807, 2.05) is 31.5 Å². The number of thiazole rings is 1. The summed E-state index contributed by atoms with van der Waals surface area (Å²) in [7, 11) is -1.92. The highest BCUT2D eigenvalue weighted by Gasteiger charge is 2.16. The molecule has 0 fully saturated rings. The average Bonchev–Trinajstić information content (AvgIpc) is 3.04. The molecule has 0 spiro atoms. The number of fused-ring (bicyclic) bond motifs is 1. The zero-order valence-electron chi connectivity index (χ0n) is 11.6. The first-order valence-corrected chi connectivity index (χ1v) is 10.8. The molecule has 1 aromatic carbocycles. The lowest BCUT2D eigenvalue weighted by molar-refractivity contribution is 0.598. The van der Waals surface area contributed by atoms with Gasteiger partial charge in [0.15, 0.2) is 0 Å². The Morgan fingerprint density at radius 2 is 2.00 bits per heavy atom. The molecule has 0 aliphatic carbocycles. The van der Waals surface area contributed by atoms with Gasteiger partial charge in [-0.25, -0.2) is 0 Å². The molecule has 116 valence electrons. The molecule has 22 heavy (non-hydrogen) atoms. The molecule has 0 N–H and O–H groups in total. The van der Waals surface area contributed by atoms with Crippen LogP contribution in [0.3, 0.4) is 0 Å². The van der Waals surface area contributed by atoms with Gasteiger partial charge in [0.05, 0.1) is 14.6 Å². The number of hydrogen-bond donors (Lipinski definition) is 0. The Labute approximate surface area is 145 Å². The number of nitrogens with zero attached hydrogens (tertiary/aromatic N) is 2. The van der Waals surface area contributed by atoms with Gasteiger partial charge in [-0.2, -0.15) is 8.42 Å². The molecular weight excluding hydrogens is 380 g/mol. The maximum Gasteiger partial charge on any atom is 0.294 e. The lowest BCUT2D eigenvalue weighted by Crippen LogP contribution is -2.13. The van der Waals surface area contributed by atoms with Crippen molar-refractivity contribution in [2.24, 2.45) is 11.4 Å². The molecule has 3 aromatic rings. The van der Waals surface area contributed by atoms with Crippen LogP contribution in [0, 0.1) is 0 Å². The van der Waals surface area contributed by atoms with Crippen LogP contribution in [0.5, 0.6) is 0 Å². The molecule has 0 aliphatic rings. The summed E-state index contributed by atoms with van der Waals surface area (Å²) in [6.07, 6.45) is 2.01. The molecule has 2 aromatic heterocycles. The predicted octanol–water partition coefficient (Wildman–Crippen LogP) is 3.97. The number of rotatable bonds is 3. The molecule has 0 bridgehead atoms. The van der Waals surface area contributed by atoms with E-state index in [4.69, 9.17) is 11.6 Å².